The van der Waals surface area contributed by atoms with Gasteiger partial charge in [0.2, 0.25) is 0 Å². The second-order valence-electron chi connectivity index (χ2n) is 8.02. The fraction of sp³-hybridized carbons (Fsp3) is 0.500. The molecule has 2 N–H and O–H groups in total. The average Bonchev–Trinajstić information content (AvgIpc) is 3.29. The predicted molar refractivity (Wildman–Crippen MR) is 126 cm³/mol. The molecule has 30 heavy (non-hydrogen) atoms. The number of nitrogens with zero attached hydrogens (tertiary/aromatic N) is 2. The molecular formula is C24H34N4OS. The van der Waals surface area contributed by atoms with Crippen LogP contribution in [0.5, 0.6) is 0 Å². The Balaban J connectivity index is 1.56. The van der Waals surface area contributed by atoms with Gasteiger partial charge in [-0.25, -0.2) is 4.99 Å². The molecule has 1 saturated heterocycles. The zero-order valence-corrected chi connectivity index (χ0v) is 19.0. The maximum absolute atomic E-state index is 12.8. The van der Waals surface area contributed by atoms with Crippen LogP contribution in [-0.4, -0.2) is 42.9 Å². The van der Waals surface area contributed by atoms with Crippen LogP contribution in [0.15, 0.2) is 46.8 Å². The lowest BCUT2D eigenvalue weighted by molar-refractivity contribution is 0.0724. The maximum Gasteiger partial charge on any atom is 0.253 e. The van der Waals surface area contributed by atoms with E-state index in [4.69, 9.17) is 4.99 Å². The maximum atomic E-state index is 12.8. The van der Waals surface area contributed by atoms with Gasteiger partial charge in [-0.2, -0.15) is 0 Å². The molecule has 2 heterocycles. The van der Waals surface area contributed by atoms with E-state index in [0.717, 1.165) is 62.5 Å². The third kappa shape index (κ3) is 6.87. The predicted octanol–water partition coefficient (Wildman–Crippen LogP) is 4.31. The van der Waals surface area contributed by atoms with Crippen LogP contribution >= 0.6 is 11.3 Å². The van der Waals surface area contributed by atoms with Crippen molar-refractivity contribution in [3.63, 3.8) is 0 Å². The molecule has 0 saturated carbocycles. The lowest BCUT2D eigenvalue weighted by atomic mass is 10.1. The van der Waals surface area contributed by atoms with Gasteiger partial charge in [0.1, 0.15) is 0 Å². The number of carbonyl (C=O) groups excluding carboxylic acids is 1. The lowest BCUT2D eigenvalue weighted by Crippen LogP contribution is -2.39. The van der Waals surface area contributed by atoms with Gasteiger partial charge >= 0.3 is 0 Å². The molecule has 1 aliphatic rings. The van der Waals surface area contributed by atoms with Gasteiger partial charge < -0.3 is 15.5 Å². The summed E-state index contributed by atoms with van der Waals surface area (Å²) < 4.78 is 0. The Morgan fingerprint density at radius 3 is 2.73 bits per heavy atom. The first-order chi connectivity index (χ1) is 14.7. The third-order valence-corrected chi connectivity index (χ3v) is 6.23. The number of nitrogens with one attached hydrogen (secondary N) is 2. The van der Waals surface area contributed by atoms with Crippen LogP contribution in [0.1, 0.15) is 53.9 Å². The first-order valence-corrected chi connectivity index (χ1v) is 12.0. The van der Waals surface area contributed by atoms with Gasteiger partial charge in [0, 0.05) is 36.6 Å². The van der Waals surface area contributed by atoms with Gasteiger partial charge in [0.15, 0.2) is 5.96 Å². The number of hydrogen-bond acceptors (Lipinski definition) is 3. The van der Waals surface area contributed by atoms with Crippen LogP contribution in [0.4, 0.5) is 0 Å². The zero-order valence-electron chi connectivity index (χ0n) is 18.2. The van der Waals surface area contributed by atoms with E-state index in [1.165, 1.54) is 11.3 Å². The van der Waals surface area contributed by atoms with Crippen LogP contribution in [0, 0.1) is 5.92 Å². The summed E-state index contributed by atoms with van der Waals surface area (Å²) in [6, 6.07) is 12.2. The minimum atomic E-state index is 0.146. The highest BCUT2D eigenvalue weighted by Gasteiger charge is 2.18. The van der Waals surface area contributed by atoms with Crippen molar-refractivity contribution in [2.45, 2.75) is 46.1 Å². The fourth-order valence-electron chi connectivity index (χ4n) is 3.71. The molecule has 5 nitrogen and oxygen atoms in total. The van der Waals surface area contributed by atoms with E-state index in [-0.39, 0.29) is 5.91 Å². The molecule has 1 amide bonds. The van der Waals surface area contributed by atoms with E-state index in [1.54, 1.807) is 0 Å². The molecule has 0 spiro atoms. The SMILES string of the molecule is CCNC(=NCc1cccc(C(=O)N2CCCCC2)c1)NCC(C)Cc1cccs1. The average molecular weight is 427 g/mol. The standard InChI is InChI=1S/C24H34N4OS/c1-3-25-24(26-17-19(2)15-22-11-8-14-30-22)27-18-20-9-7-10-21(16-20)23(29)28-12-5-4-6-13-28/h7-11,14,16,19H,3-6,12-13,15,17-18H2,1-2H3,(H2,25,26,27). The highest BCUT2D eigenvalue weighted by atomic mass is 32.1. The number of thiophene rings is 1. The molecule has 1 fully saturated rings. The van der Waals surface area contributed by atoms with Crippen molar-refractivity contribution in [2.24, 2.45) is 10.9 Å². The quantitative estimate of drug-likeness (QED) is 0.489. The summed E-state index contributed by atoms with van der Waals surface area (Å²) in [5, 5.41) is 8.91. The molecular weight excluding hydrogens is 392 g/mol. The molecule has 1 atom stereocenters. The zero-order chi connectivity index (χ0) is 21.2. The number of guanidine groups is 1. The number of piperidine rings is 1. The number of aliphatic imine (C=N–C) groups is 1. The molecule has 1 aliphatic heterocycles. The Morgan fingerprint density at radius 2 is 2.00 bits per heavy atom. The molecule has 0 aliphatic carbocycles. The molecule has 1 aromatic carbocycles. The summed E-state index contributed by atoms with van der Waals surface area (Å²) in [4.78, 5) is 20.9. The van der Waals surface area contributed by atoms with E-state index >= 15 is 0 Å². The summed E-state index contributed by atoms with van der Waals surface area (Å²) in [6.07, 6.45) is 4.52. The van der Waals surface area contributed by atoms with Crippen LogP contribution in [0.3, 0.4) is 0 Å². The second kappa shape index (κ2) is 11.7. The Kier molecular flexibility index (Phi) is 8.75. The van der Waals surface area contributed by atoms with Crippen molar-refractivity contribution in [1.29, 1.82) is 0 Å². The van der Waals surface area contributed by atoms with Gasteiger partial charge in [-0.05, 0) is 67.7 Å². The number of hydrogen-bond donors (Lipinski definition) is 2. The molecule has 0 radical (unpaired) electrons. The highest BCUT2D eigenvalue weighted by Crippen LogP contribution is 2.15. The van der Waals surface area contributed by atoms with Crippen LogP contribution in [0.25, 0.3) is 0 Å². The smallest absolute Gasteiger partial charge is 0.253 e. The molecule has 1 unspecified atom stereocenters. The Morgan fingerprint density at radius 1 is 1.17 bits per heavy atom. The van der Waals surface area contributed by atoms with E-state index in [9.17, 15) is 4.79 Å². The first kappa shape index (κ1) is 22.3. The molecule has 0 bridgehead atoms. The van der Waals surface area contributed by atoms with Crippen LogP contribution < -0.4 is 10.6 Å². The number of carbonyl (C=O) groups is 1. The third-order valence-electron chi connectivity index (χ3n) is 5.33. The minimum absolute atomic E-state index is 0.146. The molecule has 6 heteroatoms. The monoisotopic (exact) mass is 426 g/mol. The van der Waals surface area contributed by atoms with Crippen molar-refractivity contribution in [3.8, 4) is 0 Å². The van der Waals surface area contributed by atoms with Gasteiger partial charge in [-0.3, -0.25) is 4.79 Å². The van der Waals surface area contributed by atoms with Crippen LogP contribution in [0.2, 0.25) is 0 Å². The second-order valence-corrected chi connectivity index (χ2v) is 9.05. The minimum Gasteiger partial charge on any atom is -0.357 e. The molecule has 1 aromatic heterocycles. The summed E-state index contributed by atoms with van der Waals surface area (Å²) in [6.45, 7) is 8.32. The van der Waals surface area contributed by atoms with Crippen molar-refractivity contribution in [1.82, 2.24) is 15.5 Å². The van der Waals surface area contributed by atoms with Gasteiger partial charge in [-0.1, -0.05) is 25.1 Å². The van der Waals surface area contributed by atoms with Crippen molar-refractivity contribution < 1.29 is 4.79 Å². The summed E-state index contributed by atoms with van der Waals surface area (Å²) >= 11 is 1.81. The van der Waals surface area contributed by atoms with Crippen molar-refractivity contribution >= 4 is 23.2 Å². The van der Waals surface area contributed by atoms with Crippen molar-refractivity contribution in [2.75, 3.05) is 26.2 Å². The van der Waals surface area contributed by atoms with Gasteiger partial charge in [0.25, 0.3) is 5.91 Å². The summed E-state index contributed by atoms with van der Waals surface area (Å²) in [7, 11) is 0. The van der Waals surface area contributed by atoms with E-state index < -0.39 is 0 Å². The fourth-order valence-corrected chi connectivity index (χ4v) is 4.58. The normalized spacial score (nSPS) is 15.7. The summed E-state index contributed by atoms with van der Waals surface area (Å²) in [5.74, 6) is 1.49. The van der Waals surface area contributed by atoms with E-state index in [0.29, 0.717) is 12.5 Å². The van der Waals surface area contributed by atoms with Gasteiger partial charge in [0.05, 0.1) is 6.54 Å². The Hall–Kier alpha value is -2.34. The van der Waals surface area contributed by atoms with Gasteiger partial charge in [-0.15, -0.1) is 11.3 Å². The summed E-state index contributed by atoms with van der Waals surface area (Å²) in [5.41, 5.74) is 1.83. The number of rotatable bonds is 8. The van der Waals surface area contributed by atoms with E-state index in [1.807, 2.05) is 40.5 Å². The highest BCUT2D eigenvalue weighted by molar-refractivity contribution is 7.09. The molecule has 2 aromatic rings. The Labute approximate surface area is 184 Å². The lowest BCUT2D eigenvalue weighted by Gasteiger charge is -2.26. The number of likely N-dealkylation sites (tertiary alicyclic amines) is 1. The van der Waals surface area contributed by atoms with Crippen LogP contribution in [-0.2, 0) is 13.0 Å². The number of benzene rings is 1. The largest absolute Gasteiger partial charge is 0.357 e. The molecule has 3 rings (SSSR count). The topological polar surface area (TPSA) is 56.7 Å². The Bertz CT molecular complexity index is 812. The first-order valence-electron chi connectivity index (χ1n) is 11.1. The molecule has 162 valence electrons. The van der Waals surface area contributed by atoms with Crippen molar-refractivity contribution in [3.05, 3.63) is 57.8 Å². The van der Waals surface area contributed by atoms with E-state index in [2.05, 4.69) is 42.0 Å². The number of amides is 1.